The van der Waals surface area contributed by atoms with Crippen molar-refractivity contribution in [3.8, 4) is 6.07 Å². The molecule has 0 N–H and O–H groups in total. The second-order valence-electron chi connectivity index (χ2n) is 4.67. The van der Waals surface area contributed by atoms with Gasteiger partial charge in [-0.25, -0.2) is 0 Å². The molecular weight excluding hydrogens is 268 g/mol. The molecule has 0 spiro atoms. The van der Waals surface area contributed by atoms with Crippen LogP contribution in [0.1, 0.15) is 11.1 Å². The van der Waals surface area contributed by atoms with Crippen LogP contribution in [0.15, 0.2) is 48.5 Å². The van der Waals surface area contributed by atoms with E-state index in [9.17, 15) is 5.26 Å². The second-order valence-corrected chi connectivity index (χ2v) is 5.10. The zero-order chi connectivity index (χ0) is 14.5. The first-order chi connectivity index (χ1) is 9.60. The number of nitrogens with zero attached hydrogens (tertiary/aromatic N) is 2. The molecule has 0 saturated carbocycles. The molecule has 20 heavy (non-hydrogen) atoms. The zero-order valence-electron chi connectivity index (χ0n) is 11.5. The Morgan fingerprint density at radius 1 is 1.15 bits per heavy atom. The second kappa shape index (κ2) is 6.27. The van der Waals surface area contributed by atoms with Crippen LogP contribution < -0.4 is 4.90 Å². The van der Waals surface area contributed by atoms with Gasteiger partial charge in [-0.15, -0.1) is 0 Å². The minimum Gasteiger partial charge on any atom is -0.378 e. The van der Waals surface area contributed by atoms with Gasteiger partial charge in [0.1, 0.15) is 0 Å². The van der Waals surface area contributed by atoms with Crippen LogP contribution in [0, 0.1) is 11.3 Å². The number of nitriles is 1. The van der Waals surface area contributed by atoms with Crippen molar-refractivity contribution in [2.75, 3.05) is 19.0 Å². The standard InChI is InChI=1S/C17H15ClN2/c1-20(2)17-8-6-13(7-9-17)10-15(12-19)14-4-3-5-16(18)11-14/h3-11H,1-2H3/b15-10-. The molecule has 100 valence electrons. The Kier molecular flexibility index (Phi) is 4.45. The van der Waals surface area contributed by atoms with Crippen molar-refractivity contribution in [1.29, 1.82) is 5.26 Å². The maximum atomic E-state index is 9.30. The number of hydrogen-bond donors (Lipinski definition) is 0. The van der Waals surface area contributed by atoms with Crippen LogP contribution in [0.25, 0.3) is 11.6 Å². The monoisotopic (exact) mass is 282 g/mol. The average molecular weight is 283 g/mol. The summed E-state index contributed by atoms with van der Waals surface area (Å²) in [6, 6.07) is 17.6. The predicted molar refractivity (Wildman–Crippen MR) is 85.7 cm³/mol. The van der Waals surface area contributed by atoms with E-state index in [2.05, 4.69) is 6.07 Å². The minimum absolute atomic E-state index is 0.602. The van der Waals surface area contributed by atoms with E-state index in [4.69, 9.17) is 11.6 Å². The molecule has 0 aliphatic rings. The summed E-state index contributed by atoms with van der Waals surface area (Å²) in [5.74, 6) is 0. The van der Waals surface area contributed by atoms with Crippen molar-refractivity contribution in [3.05, 3.63) is 64.7 Å². The summed E-state index contributed by atoms with van der Waals surface area (Å²) in [6.07, 6.45) is 1.87. The summed E-state index contributed by atoms with van der Waals surface area (Å²) in [7, 11) is 4.00. The van der Waals surface area contributed by atoms with Gasteiger partial charge in [-0.05, 0) is 41.5 Å². The van der Waals surface area contributed by atoms with Crippen molar-refractivity contribution in [2.24, 2.45) is 0 Å². The van der Waals surface area contributed by atoms with E-state index in [0.29, 0.717) is 10.6 Å². The smallest absolute Gasteiger partial charge is 0.0998 e. The van der Waals surface area contributed by atoms with Gasteiger partial charge in [0.2, 0.25) is 0 Å². The van der Waals surface area contributed by atoms with Gasteiger partial charge >= 0.3 is 0 Å². The lowest BCUT2D eigenvalue weighted by Gasteiger charge is -2.11. The third-order valence-corrected chi connectivity index (χ3v) is 3.21. The summed E-state index contributed by atoms with van der Waals surface area (Å²) >= 11 is 5.96. The van der Waals surface area contributed by atoms with Crippen LogP contribution in [0.4, 0.5) is 5.69 Å². The van der Waals surface area contributed by atoms with E-state index in [1.165, 1.54) is 0 Å². The third kappa shape index (κ3) is 3.40. The summed E-state index contributed by atoms with van der Waals surface area (Å²) < 4.78 is 0. The van der Waals surface area contributed by atoms with Gasteiger partial charge < -0.3 is 4.90 Å². The first kappa shape index (κ1) is 14.2. The van der Waals surface area contributed by atoms with Crippen molar-refractivity contribution in [2.45, 2.75) is 0 Å². The normalized spacial score (nSPS) is 11.0. The Hall–Kier alpha value is -2.24. The lowest BCUT2D eigenvalue weighted by Crippen LogP contribution is -2.07. The van der Waals surface area contributed by atoms with Crippen LogP contribution in [-0.2, 0) is 0 Å². The Balaban J connectivity index is 2.34. The highest BCUT2D eigenvalue weighted by Gasteiger charge is 2.02. The fourth-order valence-electron chi connectivity index (χ4n) is 1.87. The van der Waals surface area contributed by atoms with E-state index < -0.39 is 0 Å². The molecular formula is C17H15ClN2. The van der Waals surface area contributed by atoms with E-state index in [-0.39, 0.29) is 0 Å². The third-order valence-electron chi connectivity index (χ3n) is 2.98. The molecule has 0 radical (unpaired) electrons. The molecule has 2 nitrogen and oxygen atoms in total. The number of hydrogen-bond acceptors (Lipinski definition) is 2. The molecule has 3 heteroatoms. The van der Waals surface area contributed by atoms with Crippen LogP contribution in [-0.4, -0.2) is 14.1 Å². The number of anilines is 1. The highest BCUT2D eigenvalue weighted by molar-refractivity contribution is 6.30. The molecule has 0 bridgehead atoms. The molecule has 0 amide bonds. The molecule has 0 aliphatic carbocycles. The van der Waals surface area contributed by atoms with Gasteiger partial charge in [0.05, 0.1) is 11.6 Å². The highest BCUT2D eigenvalue weighted by atomic mass is 35.5. The van der Waals surface area contributed by atoms with Gasteiger partial charge in [0, 0.05) is 24.8 Å². The molecule has 0 atom stereocenters. The number of halogens is 1. The van der Waals surface area contributed by atoms with Crippen molar-refractivity contribution in [1.82, 2.24) is 0 Å². The molecule has 0 heterocycles. The lowest BCUT2D eigenvalue weighted by molar-refractivity contribution is 1.13. The molecule has 0 aliphatic heterocycles. The summed E-state index contributed by atoms with van der Waals surface area (Å²) in [6.45, 7) is 0. The van der Waals surface area contributed by atoms with Crippen LogP contribution in [0.5, 0.6) is 0 Å². The maximum Gasteiger partial charge on any atom is 0.0998 e. The fourth-order valence-corrected chi connectivity index (χ4v) is 2.06. The average Bonchev–Trinajstić information content (AvgIpc) is 2.45. The largest absolute Gasteiger partial charge is 0.378 e. The van der Waals surface area contributed by atoms with E-state index in [1.807, 2.05) is 61.5 Å². The van der Waals surface area contributed by atoms with E-state index in [1.54, 1.807) is 12.1 Å². The van der Waals surface area contributed by atoms with Gasteiger partial charge in [-0.2, -0.15) is 5.26 Å². The van der Waals surface area contributed by atoms with Gasteiger partial charge in [0.15, 0.2) is 0 Å². The molecule has 0 aromatic heterocycles. The fraction of sp³-hybridized carbons (Fsp3) is 0.118. The molecule has 2 aromatic rings. The van der Waals surface area contributed by atoms with Crippen molar-refractivity contribution in [3.63, 3.8) is 0 Å². The van der Waals surface area contributed by atoms with Crippen LogP contribution in [0.2, 0.25) is 5.02 Å². The first-order valence-corrected chi connectivity index (χ1v) is 6.63. The molecule has 0 saturated heterocycles. The number of benzene rings is 2. The Labute approximate surface area is 124 Å². The Bertz CT molecular complexity index is 664. The van der Waals surface area contributed by atoms with Crippen LogP contribution in [0.3, 0.4) is 0 Å². The molecule has 2 aromatic carbocycles. The number of rotatable bonds is 3. The lowest BCUT2D eigenvalue weighted by atomic mass is 10.0. The minimum atomic E-state index is 0.602. The summed E-state index contributed by atoms with van der Waals surface area (Å²) in [5, 5.41) is 9.94. The topological polar surface area (TPSA) is 27.0 Å². The Morgan fingerprint density at radius 3 is 2.40 bits per heavy atom. The van der Waals surface area contributed by atoms with Gasteiger partial charge in [-0.1, -0.05) is 35.9 Å². The van der Waals surface area contributed by atoms with E-state index >= 15 is 0 Å². The molecule has 0 fully saturated rings. The molecule has 0 unspecified atom stereocenters. The van der Waals surface area contributed by atoms with Crippen molar-refractivity contribution < 1.29 is 0 Å². The van der Waals surface area contributed by atoms with Crippen LogP contribution >= 0.6 is 11.6 Å². The maximum absolute atomic E-state index is 9.30. The molecule has 2 rings (SSSR count). The quantitative estimate of drug-likeness (QED) is 0.613. The van der Waals surface area contributed by atoms with Crippen molar-refractivity contribution >= 4 is 28.9 Å². The van der Waals surface area contributed by atoms with Gasteiger partial charge in [0.25, 0.3) is 0 Å². The Morgan fingerprint density at radius 2 is 1.85 bits per heavy atom. The zero-order valence-corrected chi connectivity index (χ0v) is 12.2. The van der Waals surface area contributed by atoms with Gasteiger partial charge in [-0.3, -0.25) is 0 Å². The predicted octanol–water partition coefficient (Wildman–Crippen LogP) is 4.47. The SMILES string of the molecule is CN(C)c1ccc(/C=C(/C#N)c2cccc(Cl)c2)cc1. The summed E-state index contributed by atoms with van der Waals surface area (Å²) in [5.41, 5.74) is 3.55. The summed E-state index contributed by atoms with van der Waals surface area (Å²) in [4.78, 5) is 2.04. The first-order valence-electron chi connectivity index (χ1n) is 6.25. The number of allylic oxidation sites excluding steroid dienone is 1. The van der Waals surface area contributed by atoms with E-state index in [0.717, 1.165) is 16.8 Å². The highest BCUT2D eigenvalue weighted by Crippen LogP contribution is 2.22.